The smallest absolute Gasteiger partial charge is 0.335 e. The minimum atomic E-state index is -4.94. The van der Waals surface area contributed by atoms with E-state index in [2.05, 4.69) is 0 Å². The van der Waals surface area contributed by atoms with E-state index in [-0.39, 0.29) is 0 Å². The molecule has 0 saturated heterocycles. The zero-order chi connectivity index (χ0) is 41.1. The third-order valence-electron chi connectivity index (χ3n) is 9.58. The molecule has 4 aromatic carbocycles. The summed E-state index contributed by atoms with van der Waals surface area (Å²) in [5, 5.41) is 3.85. The first-order chi connectivity index (χ1) is 26.1. The van der Waals surface area contributed by atoms with Crippen LogP contribution in [-0.4, -0.2) is 35.7 Å². The van der Waals surface area contributed by atoms with Crippen LogP contribution in [0.3, 0.4) is 0 Å². The van der Waals surface area contributed by atoms with Gasteiger partial charge in [0.2, 0.25) is 12.2 Å². The number of anilines is 1. The summed E-state index contributed by atoms with van der Waals surface area (Å²) in [4.78, 5) is 1.36. The Morgan fingerprint density at radius 3 is 1.62 bits per heavy atom. The molecule has 0 N–H and O–H groups in total. The van der Waals surface area contributed by atoms with Crippen molar-refractivity contribution in [1.82, 2.24) is 0 Å². The second-order valence-corrected chi connectivity index (χ2v) is 15.0. The molecule has 0 aliphatic carbocycles. The fraction of sp³-hybridized carbons (Fsp3) is 0.233. The van der Waals surface area contributed by atoms with Crippen LogP contribution < -0.4 is 23.5 Å². The Hall–Kier alpha value is -4.98. The van der Waals surface area contributed by atoms with Gasteiger partial charge in [0, 0.05) is 34.5 Å². The minimum Gasteiger partial charge on any atom is -0.335 e. The van der Waals surface area contributed by atoms with Gasteiger partial charge < -0.3 is 4.90 Å². The normalized spacial score (nSPS) is 17.8. The van der Waals surface area contributed by atoms with Crippen molar-refractivity contribution < 1.29 is 59.8 Å². The summed E-state index contributed by atoms with van der Waals surface area (Å²) in [6.45, 7) is 5.65. The fourth-order valence-corrected chi connectivity index (χ4v) is 7.51. The van der Waals surface area contributed by atoms with Crippen molar-refractivity contribution in [1.29, 1.82) is 0 Å². The average Bonchev–Trinajstić information content (AvgIpc) is 3.43. The largest absolute Gasteiger partial charge is 0.448 e. The van der Waals surface area contributed by atoms with E-state index in [1.807, 2.05) is 88.4 Å². The number of hydrogen-bond acceptors (Lipinski definition) is 5. The molecule has 0 unspecified atom stereocenters. The number of nitrogens with zero attached hydrogens (tertiary/aromatic N) is 2. The summed E-state index contributed by atoms with van der Waals surface area (Å²) in [7, 11) is -4.94. The van der Waals surface area contributed by atoms with Crippen molar-refractivity contribution in [2.24, 2.45) is 0 Å². The first-order valence-corrected chi connectivity index (χ1v) is 18.6. The molecule has 0 spiro atoms. The zero-order valence-electron chi connectivity index (χ0n) is 30.9. The lowest BCUT2D eigenvalue weighted by atomic mass is 9.79. The predicted octanol–water partition coefficient (Wildman–Crippen LogP) is 7.20. The number of fused-ring (bicyclic) bond motifs is 6. The highest BCUT2D eigenvalue weighted by atomic mass is 35.7. The quantitative estimate of drug-likeness (QED) is 0.107. The highest BCUT2D eigenvalue weighted by Gasteiger charge is 2.49. The van der Waals surface area contributed by atoms with Gasteiger partial charge in [0.15, 0.2) is 5.71 Å². The van der Waals surface area contributed by atoms with Gasteiger partial charge >= 0.3 is 12.4 Å². The highest BCUT2D eigenvalue weighted by Crippen LogP contribution is 2.51. The van der Waals surface area contributed by atoms with Crippen LogP contribution in [0.4, 0.5) is 37.7 Å². The number of alkyl halides is 6. The Labute approximate surface area is 323 Å². The van der Waals surface area contributed by atoms with E-state index in [9.17, 15) is 26.3 Å². The third kappa shape index (κ3) is 9.87. The van der Waals surface area contributed by atoms with Gasteiger partial charge in [-0.1, -0.05) is 123 Å². The van der Waals surface area contributed by atoms with E-state index in [0.717, 1.165) is 32.7 Å². The van der Waals surface area contributed by atoms with Crippen LogP contribution >= 0.6 is 0 Å². The first-order valence-electron chi connectivity index (χ1n) is 17.4. The van der Waals surface area contributed by atoms with E-state index >= 15 is 0 Å². The van der Waals surface area contributed by atoms with Gasteiger partial charge in [-0.15, -0.1) is 10.2 Å². The van der Waals surface area contributed by atoms with Crippen LogP contribution in [0.5, 0.6) is 0 Å². The maximum atomic E-state index is 13.7. The molecule has 2 aliphatic heterocycles. The number of hydrogen-bond donors (Lipinski definition) is 0. The maximum absolute atomic E-state index is 13.7. The molecule has 294 valence electrons. The number of halogens is 7. The van der Waals surface area contributed by atoms with Crippen molar-refractivity contribution in [2.75, 3.05) is 18.0 Å². The van der Waals surface area contributed by atoms with Gasteiger partial charge in [-0.2, -0.15) is 30.9 Å². The molecule has 6 nitrogen and oxygen atoms in total. The average molecular weight is 797 g/mol. The third-order valence-corrected chi connectivity index (χ3v) is 9.58. The van der Waals surface area contributed by atoms with E-state index in [0.29, 0.717) is 22.8 Å². The second kappa shape index (κ2) is 16.2. The van der Waals surface area contributed by atoms with Gasteiger partial charge in [0.05, 0.1) is 5.41 Å². The Kier molecular flexibility index (Phi) is 12.2. The summed E-state index contributed by atoms with van der Waals surface area (Å²) in [6.07, 6.45) is 10.7. The van der Waals surface area contributed by atoms with Gasteiger partial charge in [-0.3, -0.25) is 0 Å². The van der Waals surface area contributed by atoms with Crippen LogP contribution in [0.2, 0.25) is 0 Å². The molecule has 56 heavy (non-hydrogen) atoms. The van der Waals surface area contributed by atoms with E-state index in [1.165, 1.54) is 9.48 Å². The Bertz CT molecular complexity index is 2300. The first kappa shape index (κ1) is 42.2. The molecule has 2 heterocycles. The molecule has 6 rings (SSSR count). The highest BCUT2D eigenvalue weighted by molar-refractivity contribution is 6.07. The Balaban J connectivity index is 0.00000113. The lowest BCUT2D eigenvalue weighted by Gasteiger charge is -2.27. The van der Waals surface area contributed by atoms with Crippen LogP contribution in [0, 0.1) is 10.2 Å². The Morgan fingerprint density at radius 1 is 0.607 bits per heavy atom. The zero-order valence-corrected chi connectivity index (χ0v) is 31.6. The SMILES string of the molecule is CC1(C)C(=CC=CC=CC=CC=CC=CC2=[N+](CC(F)(F)F)c3ccc4ccccc4c3C2(C)C)N(CC(F)(F)F)c2ccc3ccccc3c21.[O-][Cl+3]([O-])([O-])[O-]. The monoisotopic (exact) mass is 796 g/mol. The molecule has 4 aromatic rings. The molecule has 0 amide bonds. The van der Waals surface area contributed by atoms with Gasteiger partial charge in [0.1, 0.15) is 6.54 Å². The molecule has 0 aromatic heterocycles. The van der Waals surface area contributed by atoms with Crippen molar-refractivity contribution in [2.45, 2.75) is 50.9 Å². The van der Waals surface area contributed by atoms with E-state index in [1.54, 1.807) is 79.0 Å². The lowest BCUT2D eigenvalue weighted by Crippen LogP contribution is -2.68. The molecule has 0 fully saturated rings. The second-order valence-electron chi connectivity index (χ2n) is 14.2. The summed E-state index contributed by atoms with van der Waals surface area (Å²) >= 11 is 0. The number of rotatable bonds is 8. The molecule has 2 aliphatic rings. The molecule has 0 bridgehead atoms. The van der Waals surface area contributed by atoms with Crippen LogP contribution in [0.25, 0.3) is 21.5 Å². The summed E-state index contributed by atoms with van der Waals surface area (Å²) in [6, 6.07) is 22.8. The van der Waals surface area contributed by atoms with E-state index < -0.39 is 46.5 Å². The molecular weight excluding hydrogens is 758 g/mol. The van der Waals surface area contributed by atoms with Crippen LogP contribution in [0.15, 0.2) is 145 Å². The van der Waals surface area contributed by atoms with Crippen molar-refractivity contribution in [3.63, 3.8) is 0 Å². The van der Waals surface area contributed by atoms with Gasteiger partial charge in [0.25, 0.3) is 0 Å². The maximum Gasteiger partial charge on any atom is 0.448 e. The van der Waals surface area contributed by atoms with Gasteiger partial charge in [-0.05, 0) is 59.2 Å². The molecule has 0 saturated carbocycles. The lowest BCUT2D eigenvalue weighted by molar-refractivity contribution is -2.00. The Morgan fingerprint density at radius 2 is 1.09 bits per heavy atom. The van der Waals surface area contributed by atoms with Crippen molar-refractivity contribution in [3.8, 4) is 0 Å². The molecule has 0 radical (unpaired) electrons. The molecule has 13 heteroatoms. The molecule has 0 atom stereocenters. The van der Waals surface area contributed by atoms with Crippen molar-refractivity contribution in [3.05, 3.63) is 156 Å². The predicted molar refractivity (Wildman–Crippen MR) is 197 cm³/mol. The topological polar surface area (TPSA) is 98.5 Å². The van der Waals surface area contributed by atoms with Crippen molar-refractivity contribution >= 4 is 38.6 Å². The summed E-state index contributed by atoms with van der Waals surface area (Å²) in [5.74, 6) is 0. The standard InChI is InChI=1S/C43H39F6N2.ClHO4/c1-40(2)36(50(28-42(44,45)46)34-26-24-30-18-14-16-20-32(30)38(34)40)22-12-10-8-6-5-7-9-11-13-23-37-41(3,4)39-33-21-17-15-19-31(33)25-27-35(39)51(37)29-43(47,48)49;2-1(3,4)5/h5-27H,28-29H2,1-4H3;(H,2,3,4,5)/q+1;/p-1. The van der Waals surface area contributed by atoms with E-state index in [4.69, 9.17) is 18.6 Å². The van der Waals surface area contributed by atoms with Gasteiger partial charge in [-0.25, -0.2) is 18.6 Å². The minimum absolute atomic E-state index is 0.564. The number of allylic oxidation sites excluding steroid dienone is 12. The fourth-order valence-electron chi connectivity index (χ4n) is 7.51. The number of benzene rings is 4. The summed E-state index contributed by atoms with van der Waals surface area (Å²) in [5.41, 5.74) is 2.71. The van der Waals surface area contributed by atoms with Crippen LogP contribution in [-0.2, 0) is 10.8 Å². The van der Waals surface area contributed by atoms with Crippen LogP contribution in [0.1, 0.15) is 38.8 Å². The summed E-state index contributed by atoms with van der Waals surface area (Å²) < 4.78 is 118. The molecular formula is C43H39ClF6N2O4.